The van der Waals surface area contributed by atoms with Crippen LogP contribution in [0.1, 0.15) is 31.7 Å². The van der Waals surface area contributed by atoms with E-state index in [9.17, 15) is 14.9 Å². The van der Waals surface area contributed by atoms with Gasteiger partial charge in [-0.1, -0.05) is 18.2 Å². The zero-order valence-corrected chi connectivity index (χ0v) is 22.4. The molecule has 0 saturated carbocycles. The number of anilines is 1. The van der Waals surface area contributed by atoms with Gasteiger partial charge in [0.2, 0.25) is 0 Å². The molecule has 0 bridgehead atoms. The minimum Gasteiger partial charge on any atom is -0.457 e. The van der Waals surface area contributed by atoms with Crippen LogP contribution in [-0.4, -0.2) is 55.6 Å². The summed E-state index contributed by atoms with van der Waals surface area (Å²) in [5.41, 5.74) is 7.65. The molecule has 2 aliphatic heterocycles. The second-order valence-corrected chi connectivity index (χ2v) is 10.2. The number of fused-ring (bicyclic) bond motifs is 1. The van der Waals surface area contributed by atoms with E-state index in [-0.39, 0.29) is 35.1 Å². The highest BCUT2D eigenvalue weighted by Crippen LogP contribution is 2.29. The van der Waals surface area contributed by atoms with Crippen molar-refractivity contribution in [2.24, 2.45) is 0 Å². The molecule has 11 nitrogen and oxygen atoms in total. The molecule has 2 aliphatic rings. The van der Waals surface area contributed by atoms with E-state index in [4.69, 9.17) is 10.5 Å². The summed E-state index contributed by atoms with van der Waals surface area (Å²) in [5.74, 6) is 1.28. The average Bonchev–Trinajstić information content (AvgIpc) is 3.63. The minimum absolute atomic E-state index is 0.0555. The second kappa shape index (κ2) is 11.3. The molecule has 1 amide bonds. The van der Waals surface area contributed by atoms with Crippen molar-refractivity contribution in [1.29, 1.82) is 5.26 Å². The van der Waals surface area contributed by atoms with Gasteiger partial charge in [0.15, 0.2) is 11.5 Å². The van der Waals surface area contributed by atoms with Gasteiger partial charge in [0.05, 0.1) is 5.69 Å². The quantitative estimate of drug-likeness (QED) is 0.275. The van der Waals surface area contributed by atoms with E-state index >= 15 is 0 Å². The highest BCUT2D eigenvalue weighted by Gasteiger charge is 2.30. The Hall–Kier alpha value is -4.95. The summed E-state index contributed by atoms with van der Waals surface area (Å²) < 4.78 is 9.09. The number of carbonyl (C=O) groups is 1. The number of nitrogens with zero attached hydrogens (tertiary/aromatic N) is 6. The molecule has 0 spiro atoms. The summed E-state index contributed by atoms with van der Waals surface area (Å²) in [6.07, 6.45) is 6.13. The maximum Gasteiger partial charge on any atom is 0.335 e. The first kappa shape index (κ1) is 26.3. The molecular formula is C30H30N8O3. The van der Waals surface area contributed by atoms with Crippen LogP contribution in [0.3, 0.4) is 0 Å². The normalized spacial score (nSPS) is 18.0. The molecule has 1 atom stereocenters. The predicted molar refractivity (Wildman–Crippen MR) is 154 cm³/mol. The molecule has 2 fully saturated rings. The number of para-hydroxylation sites is 1. The summed E-state index contributed by atoms with van der Waals surface area (Å²) in [5, 5.41) is 12.9. The van der Waals surface area contributed by atoms with Crippen molar-refractivity contribution in [3.05, 3.63) is 83.1 Å². The Kier molecular flexibility index (Phi) is 7.22. The third-order valence-electron chi connectivity index (χ3n) is 7.69. The summed E-state index contributed by atoms with van der Waals surface area (Å²) in [6.45, 7) is 1.74. The number of nitrogens with one attached hydrogen (secondary N) is 1. The second-order valence-electron chi connectivity index (χ2n) is 10.2. The van der Waals surface area contributed by atoms with Crippen LogP contribution >= 0.6 is 0 Å². The molecule has 1 unspecified atom stereocenters. The van der Waals surface area contributed by atoms with Crippen LogP contribution in [0.15, 0.2) is 77.4 Å². The number of aromatic nitrogens is 4. The molecule has 208 valence electrons. The van der Waals surface area contributed by atoms with Crippen LogP contribution in [0.25, 0.3) is 16.9 Å². The SMILES string of the molecule is N#C/C(=C\C1CCCN1)C(=O)N1CCC(n2c(=O)n(-c3ccc(Oc4ccccc4)cc3)c3c(N)ncnc32)CC1. The molecule has 2 saturated heterocycles. The van der Waals surface area contributed by atoms with Gasteiger partial charge in [-0.3, -0.25) is 13.9 Å². The Morgan fingerprint density at radius 3 is 2.46 bits per heavy atom. The number of benzene rings is 2. The molecule has 2 aromatic heterocycles. The van der Waals surface area contributed by atoms with E-state index in [1.54, 1.807) is 39.8 Å². The number of nitriles is 1. The first-order valence-corrected chi connectivity index (χ1v) is 13.7. The highest BCUT2D eigenvalue weighted by atomic mass is 16.5. The van der Waals surface area contributed by atoms with Gasteiger partial charge in [0.25, 0.3) is 5.91 Å². The standard InChI is InChI=1S/C30H30N8O3/c31-18-20(17-21-5-4-14-33-21)29(39)36-15-12-23(13-16-36)38-28-26(27(32)34-19-35-28)37(30(38)40)22-8-10-25(11-9-22)41-24-6-2-1-3-7-24/h1-3,6-11,17,19,21,23,33H,4-5,12-16H2,(H2,32,34,35)/b20-17+. The zero-order valence-electron chi connectivity index (χ0n) is 22.4. The fourth-order valence-electron chi connectivity index (χ4n) is 5.63. The Balaban J connectivity index is 1.26. The highest BCUT2D eigenvalue weighted by molar-refractivity contribution is 5.97. The Morgan fingerprint density at radius 2 is 1.78 bits per heavy atom. The molecule has 41 heavy (non-hydrogen) atoms. The Labute approximate surface area is 236 Å². The van der Waals surface area contributed by atoms with E-state index in [1.807, 2.05) is 30.3 Å². The molecule has 11 heteroatoms. The largest absolute Gasteiger partial charge is 0.457 e. The Morgan fingerprint density at radius 1 is 1.05 bits per heavy atom. The van der Waals surface area contributed by atoms with Crippen molar-refractivity contribution in [1.82, 2.24) is 29.3 Å². The van der Waals surface area contributed by atoms with Crippen LogP contribution in [0.5, 0.6) is 11.5 Å². The van der Waals surface area contributed by atoms with E-state index < -0.39 is 0 Å². The Bertz CT molecular complexity index is 1690. The van der Waals surface area contributed by atoms with E-state index in [2.05, 4.69) is 21.4 Å². The molecule has 3 N–H and O–H groups in total. The maximum atomic E-state index is 13.9. The molecule has 6 rings (SSSR count). The number of likely N-dealkylation sites (tertiary alicyclic amines) is 1. The predicted octanol–water partition coefficient (Wildman–Crippen LogP) is 3.32. The summed E-state index contributed by atoms with van der Waals surface area (Å²) in [4.78, 5) is 37.3. The number of amides is 1. The van der Waals surface area contributed by atoms with Crippen molar-refractivity contribution < 1.29 is 9.53 Å². The van der Waals surface area contributed by atoms with Gasteiger partial charge in [-0.05, 0) is 74.7 Å². The minimum atomic E-state index is -0.279. The maximum absolute atomic E-state index is 13.9. The van der Waals surface area contributed by atoms with Crippen LogP contribution in [-0.2, 0) is 4.79 Å². The van der Waals surface area contributed by atoms with Crippen LogP contribution in [0, 0.1) is 11.3 Å². The third-order valence-corrected chi connectivity index (χ3v) is 7.69. The van der Waals surface area contributed by atoms with Crippen LogP contribution in [0.4, 0.5) is 5.82 Å². The lowest BCUT2D eigenvalue weighted by Gasteiger charge is -2.32. The van der Waals surface area contributed by atoms with E-state index in [0.29, 0.717) is 54.3 Å². The number of piperidine rings is 1. The van der Waals surface area contributed by atoms with Crippen molar-refractivity contribution >= 4 is 22.9 Å². The lowest BCUT2D eigenvalue weighted by molar-refractivity contribution is -0.128. The van der Waals surface area contributed by atoms with Gasteiger partial charge in [-0.15, -0.1) is 0 Å². The summed E-state index contributed by atoms with van der Waals surface area (Å²) in [7, 11) is 0. The fraction of sp³-hybridized carbons (Fsp3) is 0.300. The van der Waals surface area contributed by atoms with Gasteiger partial charge < -0.3 is 20.7 Å². The number of nitrogens with two attached hydrogens (primary N) is 1. The van der Waals surface area contributed by atoms with Gasteiger partial charge >= 0.3 is 5.69 Å². The molecule has 2 aromatic carbocycles. The van der Waals surface area contributed by atoms with Crippen molar-refractivity contribution in [3.8, 4) is 23.3 Å². The van der Waals surface area contributed by atoms with Crippen molar-refractivity contribution in [2.45, 2.75) is 37.8 Å². The number of rotatable bonds is 6. The third kappa shape index (κ3) is 5.17. The van der Waals surface area contributed by atoms with Gasteiger partial charge in [0.1, 0.15) is 35.0 Å². The average molecular weight is 551 g/mol. The van der Waals surface area contributed by atoms with Gasteiger partial charge in [0, 0.05) is 25.2 Å². The number of nitrogen functional groups attached to an aromatic ring is 1. The number of carbonyl (C=O) groups excluding carboxylic acids is 1. The number of hydrogen-bond acceptors (Lipinski definition) is 8. The molecular weight excluding hydrogens is 520 g/mol. The van der Waals surface area contributed by atoms with E-state index in [1.165, 1.54) is 10.9 Å². The monoisotopic (exact) mass is 550 g/mol. The van der Waals surface area contributed by atoms with Crippen molar-refractivity contribution in [2.75, 3.05) is 25.4 Å². The first-order valence-electron chi connectivity index (χ1n) is 13.7. The van der Waals surface area contributed by atoms with Crippen LogP contribution < -0.4 is 21.5 Å². The number of hydrogen-bond donors (Lipinski definition) is 2. The molecule has 4 aromatic rings. The van der Waals surface area contributed by atoms with Crippen LogP contribution in [0.2, 0.25) is 0 Å². The summed E-state index contributed by atoms with van der Waals surface area (Å²) >= 11 is 0. The van der Waals surface area contributed by atoms with Gasteiger partial charge in [-0.25, -0.2) is 14.8 Å². The molecule has 4 heterocycles. The zero-order chi connectivity index (χ0) is 28.3. The lowest BCUT2D eigenvalue weighted by atomic mass is 10.0. The number of imidazole rings is 1. The molecule has 0 aliphatic carbocycles. The smallest absolute Gasteiger partial charge is 0.335 e. The topological polar surface area (TPSA) is 144 Å². The fourth-order valence-corrected chi connectivity index (χ4v) is 5.63. The summed E-state index contributed by atoms with van der Waals surface area (Å²) in [6, 6.07) is 18.6. The van der Waals surface area contributed by atoms with E-state index in [0.717, 1.165) is 19.4 Å². The van der Waals surface area contributed by atoms with Gasteiger partial charge in [-0.2, -0.15) is 5.26 Å². The molecule has 0 radical (unpaired) electrons. The lowest BCUT2D eigenvalue weighted by Crippen LogP contribution is -2.41. The van der Waals surface area contributed by atoms with Crippen molar-refractivity contribution in [3.63, 3.8) is 0 Å². The number of ether oxygens (including phenoxy) is 1. The first-order chi connectivity index (χ1) is 20.0.